The molecule has 22 heavy (non-hydrogen) atoms. The molecule has 1 atom stereocenters. The lowest BCUT2D eigenvalue weighted by molar-refractivity contribution is 0.0284. The van der Waals surface area contributed by atoms with E-state index in [0.29, 0.717) is 13.2 Å². The quantitative estimate of drug-likeness (QED) is 0.853. The van der Waals surface area contributed by atoms with E-state index in [0.717, 1.165) is 44.5 Å². The van der Waals surface area contributed by atoms with Crippen LogP contribution in [0.15, 0.2) is 18.2 Å². The third-order valence-corrected chi connectivity index (χ3v) is 4.95. The normalized spacial score (nSPS) is 25.0. The molecular formula is C17H23F2NO2. The van der Waals surface area contributed by atoms with Crippen LogP contribution < -0.4 is 0 Å². The predicted molar refractivity (Wildman–Crippen MR) is 79.5 cm³/mol. The highest BCUT2D eigenvalue weighted by Gasteiger charge is 2.42. The molecule has 2 aliphatic heterocycles. The fourth-order valence-electron chi connectivity index (χ4n) is 3.62. The predicted octanol–water partition coefficient (Wildman–Crippen LogP) is 2.98. The number of ether oxygens (including phenoxy) is 2. The Bertz CT molecular complexity index is 515. The number of benzene rings is 1. The van der Waals surface area contributed by atoms with Gasteiger partial charge in [-0.05, 0) is 55.5 Å². The highest BCUT2D eigenvalue weighted by atomic mass is 19.2. The number of likely N-dealkylation sites (tertiary alicyclic amines) is 1. The van der Waals surface area contributed by atoms with Gasteiger partial charge in [-0.2, -0.15) is 0 Å². The monoisotopic (exact) mass is 311 g/mol. The number of piperidine rings is 1. The molecule has 3 nitrogen and oxygen atoms in total. The summed E-state index contributed by atoms with van der Waals surface area (Å²) in [6, 6.07) is 4.17. The number of halogens is 2. The summed E-state index contributed by atoms with van der Waals surface area (Å²) in [6.07, 6.45) is 3.48. The van der Waals surface area contributed by atoms with Gasteiger partial charge in [0.1, 0.15) is 0 Å². The summed E-state index contributed by atoms with van der Waals surface area (Å²) in [6.45, 7) is 4.11. The van der Waals surface area contributed by atoms with E-state index in [-0.39, 0.29) is 11.5 Å². The molecule has 1 aromatic carbocycles. The topological polar surface area (TPSA) is 21.7 Å². The molecule has 0 saturated carbocycles. The number of hydrogen-bond acceptors (Lipinski definition) is 3. The summed E-state index contributed by atoms with van der Waals surface area (Å²) in [5.74, 6) is -1.55. The fraction of sp³-hybridized carbons (Fsp3) is 0.647. The van der Waals surface area contributed by atoms with E-state index in [9.17, 15) is 8.78 Å². The Hall–Kier alpha value is -1.04. The van der Waals surface area contributed by atoms with Crippen LogP contribution in [0.3, 0.4) is 0 Å². The van der Waals surface area contributed by atoms with E-state index in [1.54, 1.807) is 13.2 Å². The van der Waals surface area contributed by atoms with Crippen molar-refractivity contribution in [3.63, 3.8) is 0 Å². The average molecular weight is 311 g/mol. The van der Waals surface area contributed by atoms with Gasteiger partial charge in [0.2, 0.25) is 0 Å². The molecule has 0 N–H and O–H groups in total. The summed E-state index contributed by atoms with van der Waals surface area (Å²) < 4.78 is 37.2. The van der Waals surface area contributed by atoms with E-state index in [2.05, 4.69) is 4.90 Å². The molecule has 2 saturated heterocycles. The van der Waals surface area contributed by atoms with E-state index in [1.165, 1.54) is 12.1 Å². The molecule has 2 fully saturated rings. The Morgan fingerprint density at radius 2 is 2.05 bits per heavy atom. The summed E-state index contributed by atoms with van der Waals surface area (Å²) in [7, 11) is 1.71. The van der Waals surface area contributed by atoms with E-state index in [1.807, 2.05) is 0 Å². The molecule has 0 aromatic heterocycles. The highest BCUT2D eigenvalue weighted by molar-refractivity contribution is 5.17. The Labute approximate surface area is 130 Å². The maximum Gasteiger partial charge on any atom is 0.159 e. The lowest BCUT2D eigenvalue weighted by Gasteiger charge is -2.38. The summed E-state index contributed by atoms with van der Waals surface area (Å²) in [4.78, 5) is 2.31. The van der Waals surface area contributed by atoms with Crippen LogP contribution in [-0.4, -0.2) is 44.4 Å². The summed E-state index contributed by atoms with van der Waals surface area (Å²) >= 11 is 0. The molecule has 0 unspecified atom stereocenters. The summed E-state index contributed by atoms with van der Waals surface area (Å²) in [5.41, 5.74) is 1.11. The molecule has 3 rings (SSSR count). The highest BCUT2D eigenvalue weighted by Crippen LogP contribution is 2.42. The van der Waals surface area contributed by atoms with E-state index >= 15 is 0 Å². The first-order valence-electron chi connectivity index (χ1n) is 7.87. The average Bonchev–Trinajstić information content (AvgIpc) is 2.89. The second-order valence-corrected chi connectivity index (χ2v) is 6.62. The van der Waals surface area contributed by atoms with Crippen molar-refractivity contribution in [3.8, 4) is 0 Å². The maximum absolute atomic E-state index is 13.3. The molecule has 0 radical (unpaired) electrons. The van der Waals surface area contributed by atoms with Crippen LogP contribution in [0.2, 0.25) is 0 Å². The molecule has 0 aliphatic carbocycles. The van der Waals surface area contributed by atoms with Crippen molar-refractivity contribution in [2.24, 2.45) is 5.41 Å². The zero-order chi connectivity index (χ0) is 15.6. The molecule has 5 heteroatoms. The third-order valence-electron chi connectivity index (χ3n) is 4.95. The van der Waals surface area contributed by atoms with Gasteiger partial charge < -0.3 is 9.47 Å². The van der Waals surface area contributed by atoms with Gasteiger partial charge in [0.25, 0.3) is 0 Å². The van der Waals surface area contributed by atoms with Gasteiger partial charge in [0.05, 0.1) is 19.3 Å². The second kappa shape index (κ2) is 6.60. The minimum absolute atomic E-state index is 0.225. The van der Waals surface area contributed by atoms with Crippen molar-refractivity contribution >= 4 is 0 Å². The van der Waals surface area contributed by atoms with Gasteiger partial charge in [-0.15, -0.1) is 0 Å². The number of hydrogen-bond donors (Lipinski definition) is 0. The molecular weight excluding hydrogens is 288 g/mol. The lowest BCUT2D eigenvalue weighted by atomic mass is 9.76. The van der Waals surface area contributed by atoms with Gasteiger partial charge in [0, 0.05) is 13.7 Å². The number of rotatable bonds is 4. The van der Waals surface area contributed by atoms with E-state index < -0.39 is 11.6 Å². The van der Waals surface area contributed by atoms with E-state index in [4.69, 9.17) is 9.47 Å². The molecule has 122 valence electrons. The Morgan fingerprint density at radius 1 is 1.27 bits per heavy atom. The zero-order valence-electron chi connectivity index (χ0n) is 13.0. The first kappa shape index (κ1) is 15.8. The van der Waals surface area contributed by atoms with Crippen molar-refractivity contribution in [2.45, 2.75) is 31.9 Å². The van der Waals surface area contributed by atoms with Crippen LogP contribution in [0, 0.1) is 17.0 Å². The van der Waals surface area contributed by atoms with Gasteiger partial charge in [0.15, 0.2) is 11.6 Å². The SMILES string of the molecule is COC[C@@H]1CC2(CCN(Cc3ccc(F)c(F)c3)CC2)CO1. The van der Waals surface area contributed by atoms with Crippen LogP contribution >= 0.6 is 0 Å². The molecule has 1 aromatic rings. The molecule has 2 aliphatic rings. The first-order valence-corrected chi connectivity index (χ1v) is 7.87. The van der Waals surface area contributed by atoms with Gasteiger partial charge in [-0.25, -0.2) is 8.78 Å². The fourth-order valence-corrected chi connectivity index (χ4v) is 3.62. The van der Waals surface area contributed by atoms with Crippen LogP contribution in [0.5, 0.6) is 0 Å². The largest absolute Gasteiger partial charge is 0.382 e. The van der Waals surface area contributed by atoms with Crippen molar-refractivity contribution in [3.05, 3.63) is 35.4 Å². The van der Waals surface area contributed by atoms with Crippen LogP contribution in [0.1, 0.15) is 24.8 Å². The zero-order valence-corrected chi connectivity index (χ0v) is 13.0. The minimum Gasteiger partial charge on any atom is -0.382 e. The van der Waals surface area contributed by atoms with Gasteiger partial charge >= 0.3 is 0 Å². The lowest BCUT2D eigenvalue weighted by Crippen LogP contribution is -2.40. The molecule has 2 heterocycles. The van der Waals surface area contributed by atoms with Gasteiger partial charge in [-0.1, -0.05) is 6.07 Å². The smallest absolute Gasteiger partial charge is 0.159 e. The molecule has 0 amide bonds. The Kier molecular flexibility index (Phi) is 4.76. The van der Waals surface area contributed by atoms with Crippen molar-refractivity contribution in [1.29, 1.82) is 0 Å². The second-order valence-electron chi connectivity index (χ2n) is 6.62. The molecule has 1 spiro atoms. The van der Waals surface area contributed by atoms with Gasteiger partial charge in [-0.3, -0.25) is 4.90 Å². The Balaban J connectivity index is 1.52. The first-order chi connectivity index (χ1) is 10.6. The van der Waals surface area contributed by atoms with Crippen LogP contribution in [0.25, 0.3) is 0 Å². The Morgan fingerprint density at radius 3 is 2.73 bits per heavy atom. The third kappa shape index (κ3) is 3.47. The number of nitrogens with zero attached hydrogens (tertiary/aromatic N) is 1. The van der Waals surface area contributed by atoms with Crippen LogP contribution in [-0.2, 0) is 16.0 Å². The minimum atomic E-state index is -0.784. The standard InChI is InChI=1S/C17H23F2NO2/c1-21-11-14-9-17(12-22-14)4-6-20(7-5-17)10-13-2-3-15(18)16(19)8-13/h2-3,8,14H,4-7,9-12H2,1H3/t14-/m0/s1. The number of methoxy groups -OCH3 is 1. The molecule has 0 bridgehead atoms. The van der Waals surface area contributed by atoms with Crippen molar-refractivity contribution in [1.82, 2.24) is 4.90 Å². The van der Waals surface area contributed by atoms with Crippen molar-refractivity contribution < 1.29 is 18.3 Å². The maximum atomic E-state index is 13.3. The van der Waals surface area contributed by atoms with Crippen LogP contribution in [0.4, 0.5) is 8.78 Å². The van der Waals surface area contributed by atoms with Crippen molar-refractivity contribution in [2.75, 3.05) is 33.4 Å². The summed E-state index contributed by atoms with van der Waals surface area (Å²) in [5, 5.41) is 0.